The summed E-state index contributed by atoms with van der Waals surface area (Å²) in [5, 5.41) is 3.82. The highest BCUT2D eigenvalue weighted by atomic mass is 35.5. The van der Waals surface area contributed by atoms with Gasteiger partial charge in [-0.3, -0.25) is 9.59 Å². The number of rotatable bonds is 11. The van der Waals surface area contributed by atoms with Gasteiger partial charge in [-0.15, -0.1) is 0 Å². The Kier molecular flexibility index (Phi) is 10.0. The van der Waals surface area contributed by atoms with E-state index < -0.39 is 6.04 Å². The van der Waals surface area contributed by atoms with Crippen molar-refractivity contribution in [2.75, 3.05) is 13.7 Å². The minimum Gasteiger partial charge on any atom is -0.497 e. The summed E-state index contributed by atoms with van der Waals surface area (Å²) >= 11 is 12.4. The number of methoxy groups -OCH3 is 1. The quantitative estimate of drug-likeness (QED) is 0.357. The summed E-state index contributed by atoms with van der Waals surface area (Å²) in [5.41, 5.74) is 2.60. The Labute approximate surface area is 217 Å². The van der Waals surface area contributed by atoms with Crippen molar-refractivity contribution >= 4 is 35.0 Å². The molecule has 0 aliphatic heterocycles. The number of nitrogens with one attached hydrogen (secondary N) is 1. The van der Waals surface area contributed by atoms with Gasteiger partial charge in [-0.05, 0) is 47.4 Å². The molecule has 1 N–H and O–H groups in total. The van der Waals surface area contributed by atoms with Crippen LogP contribution in [-0.4, -0.2) is 36.4 Å². The highest BCUT2D eigenvalue weighted by molar-refractivity contribution is 6.42. The Morgan fingerprint density at radius 1 is 0.914 bits per heavy atom. The number of ether oxygens (including phenoxy) is 1. The van der Waals surface area contributed by atoms with Crippen LogP contribution in [-0.2, 0) is 29.0 Å². The molecule has 1 atom stereocenters. The van der Waals surface area contributed by atoms with E-state index in [0.29, 0.717) is 23.0 Å². The molecule has 2 amide bonds. The second-order valence-corrected chi connectivity index (χ2v) is 9.11. The Morgan fingerprint density at radius 2 is 1.60 bits per heavy atom. The van der Waals surface area contributed by atoms with Gasteiger partial charge in [0.1, 0.15) is 11.8 Å². The monoisotopic (exact) mass is 512 g/mol. The summed E-state index contributed by atoms with van der Waals surface area (Å²) in [6.07, 6.45) is 1.35. The topological polar surface area (TPSA) is 58.6 Å². The van der Waals surface area contributed by atoms with Gasteiger partial charge in [0.2, 0.25) is 11.8 Å². The standard InChI is InChI=1S/C28H30Cl2N2O3/c1-3-15-31-28(34)26(17-20-7-5-4-6-8-20)32(19-22-11-14-24(29)25(30)16-22)27(33)18-21-9-12-23(35-2)13-10-21/h4-14,16,26H,3,15,17-19H2,1-2H3,(H,31,34). The highest BCUT2D eigenvalue weighted by Gasteiger charge is 2.30. The molecule has 0 bridgehead atoms. The average Bonchev–Trinajstić information content (AvgIpc) is 2.87. The van der Waals surface area contributed by atoms with E-state index in [-0.39, 0.29) is 24.8 Å². The molecule has 0 fully saturated rings. The predicted octanol–water partition coefficient (Wildman–Crippen LogP) is 5.71. The zero-order valence-electron chi connectivity index (χ0n) is 20.0. The maximum Gasteiger partial charge on any atom is 0.243 e. The minimum atomic E-state index is -0.691. The molecule has 3 aromatic carbocycles. The number of halogens is 2. The number of nitrogens with zero attached hydrogens (tertiary/aromatic N) is 1. The summed E-state index contributed by atoms with van der Waals surface area (Å²) in [6.45, 7) is 2.76. The van der Waals surface area contributed by atoms with Crippen LogP contribution in [0.25, 0.3) is 0 Å². The van der Waals surface area contributed by atoms with Crippen LogP contribution in [0.3, 0.4) is 0 Å². The molecule has 5 nitrogen and oxygen atoms in total. The van der Waals surface area contributed by atoms with Crippen LogP contribution in [0.2, 0.25) is 10.0 Å². The lowest BCUT2D eigenvalue weighted by Gasteiger charge is -2.32. The molecule has 7 heteroatoms. The highest BCUT2D eigenvalue weighted by Crippen LogP contribution is 2.25. The lowest BCUT2D eigenvalue weighted by Crippen LogP contribution is -2.51. The number of hydrogen-bond donors (Lipinski definition) is 1. The molecule has 184 valence electrons. The van der Waals surface area contributed by atoms with Gasteiger partial charge in [-0.2, -0.15) is 0 Å². The van der Waals surface area contributed by atoms with Crippen molar-refractivity contribution in [3.8, 4) is 5.75 Å². The Balaban J connectivity index is 1.95. The zero-order chi connectivity index (χ0) is 25.2. The van der Waals surface area contributed by atoms with Crippen LogP contribution < -0.4 is 10.1 Å². The minimum absolute atomic E-state index is 0.150. The molecular weight excluding hydrogens is 483 g/mol. The van der Waals surface area contributed by atoms with Crippen LogP contribution >= 0.6 is 23.2 Å². The van der Waals surface area contributed by atoms with Crippen molar-refractivity contribution in [3.05, 3.63) is 99.5 Å². The first-order chi connectivity index (χ1) is 16.9. The molecule has 0 radical (unpaired) electrons. The molecular formula is C28H30Cl2N2O3. The number of carbonyl (C=O) groups excluding carboxylic acids is 2. The van der Waals surface area contributed by atoms with Gasteiger partial charge in [0.25, 0.3) is 0 Å². The van der Waals surface area contributed by atoms with Crippen molar-refractivity contribution in [1.29, 1.82) is 0 Å². The van der Waals surface area contributed by atoms with E-state index in [0.717, 1.165) is 28.9 Å². The zero-order valence-corrected chi connectivity index (χ0v) is 21.5. The van der Waals surface area contributed by atoms with E-state index in [9.17, 15) is 9.59 Å². The number of amides is 2. The SMILES string of the molecule is CCCNC(=O)C(Cc1ccccc1)N(Cc1ccc(Cl)c(Cl)c1)C(=O)Cc1ccc(OC)cc1. The maximum atomic E-state index is 13.7. The summed E-state index contributed by atoms with van der Waals surface area (Å²) in [5.74, 6) is 0.377. The van der Waals surface area contributed by atoms with Crippen LogP contribution in [0, 0.1) is 0 Å². The second-order valence-electron chi connectivity index (χ2n) is 8.29. The third-order valence-corrected chi connectivity index (χ3v) is 6.41. The predicted molar refractivity (Wildman–Crippen MR) is 141 cm³/mol. The van der Waals surface area contributed by atoms with Crippen LogP contribution in [0.4, 0.5) is 0 Å². The Bertz CT molecular complexity index is 1120. The van der Waals surface area contributed by atoms with Crippen LogP contribution in [0.15, 0.2) is 72.8 Å². The van der Waals surface area contributed by atoms with Crippen molar-refractivity contribution in [1.82, 2.24) is 10.2 Å². The largest absolute Gasteiger partial charge is 0.497 e. The van der Waals surface area contributed by atoms with Gasteiger partial charge >= 0.3 is 0 Å². The van der Waals surface area contributed by atoms with E-state index in [1.165, 1.54) is 0 Å². The molecule has 1 unspecified atom stereocenters. The third-order valence-electron chi connectivity index (χ3n) is 5.67. The number of hydrogen-bond acceptors (Lipinski definition) is 3. The van der Waals surface area contributed by atoms with E-state index in [1.54, 1.807) is 24.1 Å². The smallest absolute Gasteiger partial charge is 0.243 e. The van der Waals surface area contributed by atoms with Crippen molar-refractivity contribution < 1.29 is 14.3 Å². The molecule has 3 rings (SSSR count). The van der Waals surface area contributed by atoms with Crippen molar-refractivity contribution in [2.24, 2.45) is 0 Å². The molecule has 0 spiro atoms. The molecule has 0 aromatic heterocycles. The van der Waals surface area contributed by atoms with Gasteiger partial charge < -0.3 is 15.0 Å². The molecule has 0 saturated heterocycles. The summed E-state index contributed by atoms with van der Waals surface area (Å²) in [4.78, 5) is 28.7. The summed E-state index contributed by atoms with van der Waals surface area (Å²) in [7, 11) is 1.60. The van der Waals surface area contributed by atoms with E-state index >= 15 is 0 Å². The Morgan fingerprint density at radius 3 is 2.23 bits per heavy atom. The molecule has 0 saturated carbocycles. The first kappa shape index (κ1) is 26.6. The lowest BCUT2D eigenvalue weighted by atomic mass is 10.0. The average molecular weight is 513 g/mol. The van der Waals surface area contributed by atoms with Crippen LogP contribution in [0.1, 0.15) is 30.0 Å². The summed E-state index contributed by atoms with van der Waals surface area (Å²) in [6, 6.07) is 21.6. The second kappa shape index (κ2) is 13.2. The number of carbonyl (C=O) groups is 2. The Hall–Kier alpha value is -3.02. The maximum absolute atomic E-state index is 13.7. The van der Waals surface area contributed by atoms with Gasteiger partial charge in [-0.25, -0.2) is 0 Å². The first-order valence-electron chi connectivity index (χ1n) is 11.6. The normalized spacial score (nSPS) is 11.5. The van der Waals surface area contributed by atoms with E-state index in [1.807, 2.05) is 67.6 Å². The number of benzene rings is 3. The molecule has 35 heavy (non-hydrogen) atoms. The van der Waals surface area contributed by atoms with E-state index in [2.05, 4.69) is 5.32 Å². The summed E-state index contributed by atoms with van der Waals surface area (Å²) < 4.78 is 5.22. The fourth-order valence-electron chi connectivity index (χ4n) is 3.77. The fourth-order valence-corrected chi connectivity index (χ4v) is 4.09. The molecule has 0 heterocycles. The van der Waals surface area contributed by atoms with Gasteiger partial charge in [0.15, 0.2) is 0 Å². The lowest BCUT2D eigenvalue weighted by molar-refractivity contribution is -0.140. The van der Waals surface area contributed by atoms with Crippen molar-refractivity contribution in [2.45, 2.75) is 38.8 Å². The fraction of sp³-hybridized carbons (Fsp3) is 0.286. The first-order valence-corrected chi connectivity index (χ1v) is 12.3. The van der Waals surface area contributed by atoms with Gasteiger partial charge in [-0.1, -0.05) is 78.7 Å². The molecule has 0 aliphatic rings. The van der Waals surface area contributed by atoms with Gasteiger partial charge in [0.05, 0.1) is 23.6 Å². The molecule has 3 aromatic rings. The third kappa shape index (κ3) is 7.74. The van der Waals surface area contributed by atoms with E-state index in [4.69, 9.17) is 27.9 Å². The molecule has 0 aliphatic carbocycles. The van der Waals surface area contributed by atoms with Gasteiger partial charge in [0, 0.05) is 19.5 Å². The van der Waals surface area contributed by atoms with Crippen molar-refractivity contribution in [3.63, 3.8) is 0 Å². The van der Waals surface area contributed by atoms with Crippen LogP contribution in [0.5, 0.6) is 5.75 Å².